The molecule has 0 radical (unpaired) electrons. The van der Waals surface area contributed by atoms with E-state index in [4.69, 9.17) is 0 Å². The van der Waals surface area contributed by atoms with E-state index in [1.165, 1.54) is 12.5 Å². The van der Waals surface area contributed by atoms with Crippen molar-refractivity contribution < 1.29 is 13.2 Å². The normalized spacial score (nSPS) is 16.1. The SMILES string of the molecule is CC(C)n1cnc(S(=O)(=O)NC(=O)C2(Cc3ccccc3)CC2)c1. The minimum absolute atomic E-state index is 0.102. The molecule has 6 nitrogen and oxygen atoms in total. The Kier molecular flexibility index (Phi) is 4.21. The summed E-state index contributed by atoms with van der Waals surface area (Å²) in [6.07, 6.45) is 4.85. The van der Waals surface area contributed by atoms with Crippen molar-refractivity contribution in [2.75, 3.05) is 0 Å². The van der Waals surface area contributed by atoms with E-state index in [2.05, 4.69) is 9.71 Å². The molecule has 1 aromatic heterocycles. The van der Waals surface area contributed by atoms with Crippen molar-refractivity contribution in [3.63, 3.8) is 0 Å². The second kappa shape index (κ2) is 6.05. The molecule has 1 saturated carbocycles. The quantitative estimate of drug-likeness (QED) is 0.869. The van der Waals surface area contributed by atoms with Crippen molar-refractivity contribution in [2.24, 2.45) is 5.41 Å². The lowest BCUT2D eigenvalue weighted by Crippen LogP contribution is -2.37. The molecule has 128 valence electrons. The molecule has 1 aliphatic carbocycles. The van der Waals surface area contributed by atoms with Gasteiger partial charge in [0.2, 0.25) is 5.91 Å². The van der Waals surface area contributed by atoms with Crippen LogP contribution >= 0.6 is 0 Å². The van der Waals surface area contributed by atoms with Crippen LogP contribution in [0.15, 0.2) is 47.9 Å². The summed E-state index contributed by atoms with van der Waals surface area (Å²) in [5.41, 5.74) is 0.418. The highest BCUT2D eigenvalue weighted by Gasteiger charge is 2.50. The molecule has 0 saturated heterocycles. The third kappa shape index (κ3) is 3.36. The van der Waals surface area contributed by atoms with Crippen molar-refractivity contribution in [2.45, 2.75) is 44.2 Å². The molecule has 0 unspecified atom stereocenters. The number of carbonyl (C=O) groups is 1. The van der Waals surface area contributed by atoms with Crippen LogP contribution in [0.3, 0.4) is 0 Å². The Bertz CT molecular complexity index is 837. The third-order valence-corrected chi connectivity index (χ3v) is 5.61. The van der Waals surface area contributed by atoms with Gasteiger partial charge >= 0.3 is 0 Å². The first-order valence-corrected chi connectivity index (χ1v) is 9.45. The van der Waals surface area contributed by atoms with Gasteiger partial charge in [-0.25, -0.2) is 9.71 Å². The molecule has 7 heteroatoms. The predicted octanol–water partition coefficient (Wildman–Crippen LogP) is 2.29. The van der Waals surface area contributed by atoms with Crippen molar-refractivity contribution in [3.05, 3.63) is 48.4 Å². The minimum Gasteiger partial charge on any atom is -0.334 e. The van der Waals surface area contributed by atoms with E-state index >= 15 is 0 Å². The molecule has 24 heavy (non-hydrogen) atoms. The first kappa shape index (κ1) is 16.7. The lowest BCUT2D eigenvalue weighted by atomic mass is 9.96. The molecule has 3 rings (SSSR count). The monoisotopic (exact) mass is 347 g/mol. The Morgan fingerprint density at radius 1 is 1.29 bits per heavy atom. The van der Waals surface area contributed by atoms with Gasteiger partial charge in [-0.2, -0.15) is 8.42 Å². The Balaban J connectivity index is 1.73. The van der Waals surface area contributed by atoms with Gasteiger partial charge in [-0.15, -0.1) is 0 Å². The number of nitrogens with one attached hydrogen (secondary N) is 1. The maximum atomic E-state index is 12.5. The van der Waals surface area contributed by atoms with Crippen LogP contribution in [-0.2, 0) is 21.2 Å². The smallest absolute Gasteiger partial charge is 0.283 e. The van der Waals surface area contributed by atoms with Crippen molar-refractivity contribution >= 4 is 15.9 Å². The van der Waals surface area contributed by atoms with E-state index in [-0.39, 0.29) is 11.1 Å². The molecule has 0 aliphatic heterocycles. The number of carbonyl (C=O) groups excluding carboxylic acids is 1. The Hall–Kier alpha value is -2.15. The van der Waals surface area contributed by atoms with Gasteiger partial charge < -0.3 is 4.57 Å². The molecule has 1 aliphatic rings. The number of benzene rings is 1. The number of amides is 1. The fraction of sp³-hybridized carbons (Fsp3) is 0.412. The number of hydrogen-bond acceptors (Lipinski definition) is 4. The lowest BCUT2D eigenvalue weighted by molar-refractivity contribution is -0.124. The van der Waals surface area contributed by atoms with Crippen LogP contribution in [0.25, 0.3) is 0 Å². The van der Waals surface area contributed by atoms with E-state index < -0.39 is 21.3 Å². The first-order chi connectivity index (χ1) is 11.3. The predicted molar refractivity (Wildman–Crippen MR) is 89.8 cm³/mol. The van der Waals surface area contributed by atoms with Gasteiger partial charge in [0, 0.05) is 12.2 Å². The molecule has 1 aromatic carbocycles. The van der Waals surface area contributed by atoms with Crippen LogP contribution in [0.5, 0.6) is 0 Å². The molecular weight excluding hydrogens is 326 g/mol. The largest absolute Gasteiger partial charge is 0.334 e. The van der Waals surface area contributed by atoms with E-state index in [9.17, 15) is 13.2 Å². The van der Waals surface area contributed by atoms with Crippen LogP contribution in [-0.4, -0.2) is 23.9 Å². The summed E-state index contributed by atoms with van der Waals surface area (Å²) in [6, 6.07) is 9.75. The molecular formula is C17H21N3O3S. The zero-order chi connectivity index (χ0) is 17.4. The highest BCUT2D eigenvalue weighted by Crippen LogP contribution is 2.48. The zero-order valence-electron chi connectivity index (χ0n) is 13.8. The van der Waals surface area contributed by atoms with E-state index in [0.29, 0.717) is 19.3 Å². The number of sulfonamides is 1. The molecule has 0 spiro atoms. The van der Waals surface area contributed by atoms with E-state index in [0.717, 1.165) is 5.56 Å². The summed E-state index contributed by atoms with van der Waals surface area (Å²) in [5, 5.41) is -0.125. The van der Waals surface area contributed by atoms with Crippen molar-refractivity contribution in [3.8, 4) is 0 Å². The number of hydrogen-bond donors (Lipinski definition) is 1. The van der Waals surface area contributed by atoms with Crippen LogP contribution in [0.1, 0.15) is 38.3 Å². The van der Waals surface area contributed by atoms with Gasteiger partial charge in [0.15, 0.2) is 5.03 Å². The number of nitrogens with zero attached hydrogens (tertiary/aromatic N) is 2. The van der Waals surface area contributed by atoms with Gasteiger partial charge in [0.05, 0.1) is 11.7 Å². The second-order valence-corrected chi connectivity index (χ2v) is 8.26. The summed E-state index contributed by atoms with van der Waals surface area (Å²) in [7, 11) is -3.94. The maximum absolute atomic E-state index is 12.5. The van der Waals surface area contributed by atoms with Gasteiger partial charge in [-0.05, 0) is 38.7 Å². The summed E-state index contributed by atoms with van der Waals surface area (Å²) >= 11 is 0. The van der Waals surface area contributed by atoms with Crippen molar-refractivity contribution in [1.82, 2.24) is 14.3 Å². The van der Waals surface area contributed by atoms with Crippen LogP contribution in [0.4, 0.5) is 0 Å². The summed E-state index contributed by atoms with van der Waals surface area (Å²) in [5.74, 6) is -0.439. The zero-order valence-corrected chi connectivity index (χ0v) is 14.6. The fourth-order valence-corrected chi connectivity index (χ4v) is 3.65. The Morgan fingerprint density at radius 3 is 2.50 bits per heavy atom. The molecule has 1 heterocycles. The number of imidazole rings is 1. The van der Waals surface area contributed by atoms with Crippen molar-refractivity contribution in [1.29, 1.82) is 0 Å². The average Bonchev–Trinajstić information content (AvgIpc) is 3.12. The van der Waals surface area contributed by atoms with E-state index in [1.54, 1.807) is 4.57 Å². The van der Waals surface area contributed by atoms with Gasteiger partial charge in [-0.1, -0.05) is 30.3 Å². The van der Waals surface area contributed by atoms with Gasteiger partial charge in [-0.3, -0.25) is 4.79 Å². The summed E-state index contributed by atoms with van der Waals surface area (Å²) in [6.45, 7) is 3.85. The van der Waals surface area contributed by atoms with Gasteiger partial charge in [0.1, 0.15) is 0 Å². The standard InChI is InChI=1S/C17H21N3O3S/c1-13(2)20-11-15(18-12-20)24(22,23)19-16(21)17(8-9-17)10-14-6-4-3-5-7-14/h3-7,11-13H,8-10H2,1-2H3,(H,19,21). The maximum Gasteiger partial charge on any atom is 0.283 e. The Morgan fingerprint density at radius 2 is 1.96 bits per heavy atom. The van der Waals surface area contributed by atoms with Crippen LogP contribution in [0.2, 0.25) is 0 Å². The molecule has 0 bridgehead atoms. The second-order valence-electron chi connectivity index (χ2n) is 6.63. The number of rotatable bonds is 6. The molecule has 1 amide bonds. The average molecular weight is 347 g/mol. The third-order valence-electron chi connectivity index (χ3n) is 4.40. The highest BCUT2D eigenvalue weighted by molar-refractivity contribution is 7.90. The summed E-state index contributed by atoms with van der Waals surface area (Å²) < 4.78 is 28.7. The minimum atomic E-state index is -3.94. The topological polar surface area (TPSA) is 81.1 Å². The molecule has 0 atom stereocenters. The Labute approximate surface area is 142 Å². The first-order valence-electron chi connectivity index (χ1n) is 7.97. The summed E-state index contributed by atoms with van der Waals surface area (Å²) in [4.78, 5) is 16.4. The van der Waals surface area contributed by atoms with Crippen LogP contribution < -0.4 is 4.72 Å². The number of aromatic nitrogens is 2. The van der Waals surface area contributed by atoms with Gasteiger partial charge in [0.25, 0.3) is 10.0 Å². The fourth-order valence-electron chi connectivity index (χ4n) is 2.64. The molecule has 1 N–H and O–H groups in total. The molecule has 2 aromatic rings. The van der Waals surface area contributed by atoms with Crippen LogP contribution in [0, 0.1) is 5.41 Å². The highest BCUT2D eigenvalue weighted by atomic mass is 32.2. The lowest BCUT2D eigenvalue weighted by Gasteiger charge is -2.15. The molecule has 1 fully saturated rings. The van der Waals surface area contributed by atoms with E-state index in [1.807, 2.05) is 44.2 Å².